The molecule has 9 nitrogen and oxygen atoms in total. The monoisotopic (exact) mass is 490 g/mol. The fraction of sp³-hybridized carbons (Fsp3) is 0.444. The van der Waals surface area contributed by atoms with Gasteiger partial charge in [-0.25, -0.2) is 4.85 Å². The summed E-state index contributed by atoms with van der Waals surface area (Å²) in [6.07, 6.45) is 2.21. The lowest BCUT2D eigenvalue weighted by Crippen LogP contribution is -2.59. The highest BCUT2D eigenvalue weighted by Gasteiger charge is 2.43. The third-order valence-corrected chi connectivity index (χ3v) is 7.66. The molecule has 1 atom stereocenters. The Balaban J connectivity index is 1.24. The molecule has 0 saturated carbocycles. The second kappa shape index (κ2) is 9.64. The molecule has 4 heterocycles. The lowest BCUT2D eigenvalue weighted by molar-refractivity contribution is -0.145. The molecule has 5 rings (SSSR count). The zero-order chi connectivity index (χ0) is 25.4. The summed E-state index contributed by atoms with van der Waals surface area (Å²) in [4.78, 5) is 24.2. The summed E-state index contributed by atoms with van der Waals surface area (Å²) in [5.74, 6) is 0.917. The van der Waals surface area contributed by atoms with Gasteiger partial charge in [0.25, 0.3) is 5.91 Å². The van der Waals surface area contributed by atoms with Crippen LogP contribution in [0.25, 0.3) is 10.6 Å². The quantitative estimate of drug-likeness (QED) is 0.622. The highest BCUT2D eigenvalue weighted by Crippen LogP contribution is 2.36. The number of hydrogen-bond donors (Lipinski definition) is 2. The van der Waals surface area contributed by atoms with Crippen molar-refractivity contribution in [2.24, 2.45) is 0 Å². The number of carbonyl (C=O) groups is 1. The Hall–Kier alpha value is -3.29. The fourth-order valence-electron chi connectivity index (χ4n) is 5.38. The Morgan fingerprint density at radius 2 is 2.08 bits per heavy atom. The number of aliphatic hydroxyl groups excluding tert-OH is 2. The maximum Gasteiger partial charge on any atom is 0.254 e. The van der Waals surface area contributed by atoms with Gasteiger partial charge in [-0.2, -0.15) is 0 Å². The Bertz CT molecular complexity index is 1250. The topological polar surface area (TPSA) is 99.7 Å². The van der Waals surface area contributed by atoms with Crippen molar-refractivity contribution in [2.45, 2.75) is 44.7 Å². The van der Waals surface area contributed by atoms with Crippen LogP contribution in [0.4, 0.5) is 11.5 Å². The molecular formula is C27H30N4O5. The number of rotatable bonds is 5. The molecule has 188 valence electrons. The largest absolute Gasteiger partial charge is 0.489 e. The van der Waals surface area contributed by atoms with E-state index in [1.165, 1.54) is 6.20 Å². The normalized spacial score (nSPS) is 20.2. The summed E-state index contributed by atoms with van der Waals surface area (Å²) in [6, 6.07) is 5.55. The second-order valence-electron chi connectivity index (χ2n) is 9.73. The average Bonchev–Trinajstić information content (AvgIpc) is 3.28. The molecule has 0 radical (unpaired) electrons. The van der Waals surface area contributed by atoms with Gasteiger partial charge in [-0.3, -0.25) is 14.7 Å². The van der Waals surface area contributed by atoms with Crippen LogP contribution in [0.1, 0.15) is 46.8 Å². The number of likely N-dealkylation sites (tertiary alicyclic amines) is 1. The van der Waals surface area contributed by atoms with E-state index in [2.05, 4.69) is 21.3 Å². The highest BCUT2D eigenvalue weighted by atomic mass is 16.5. The molecule has 1 spiro atoms. The first-order chi connectivity index (χ1) is 17.3. The van der Waals surface area contributed by atoms with E-state index < -0.39 is 11.7 Å². The first kappa shape index (κ1) is 24.4. The van der Waals surface area contributed by atoms with Crippen molar-refractivity contribution in [2.75, 3.05) is 37.7 Å². The molecule has 36 heavy (non-hydrogen) atoms. The Labute approximate surface area is 210 Å². The number of morpholine rings is 1. The van der Waals surface area contributed by atoms with Gasteiger partial charge in [-0.15, -0.1) is 0 Å². The van der Waals surface area contributed by atoms with Crippen molar-refractivity contribution in [3.05, 3.63) is 70.2 Å². The summed E-state index contributed by atoms with van der Waals surface area (Å²) >= 11 is 0. The molecule has 3 aliphatic heterocycles. The van der Waals surface area contributed by atoms with Crippen LogP contribution < -0.4 is 4.90 Å². The zero-order valence-electron chi connectivity index (χ0n) is 20.4. The number of benzene rings is 1. The number of piperidine rings is 1. The predicted molar refractivity (Wildman–Crippen MR) is 133 cm³/mol. The predicted octanol–water partition coefficient (Wildman–Crippen LogP) is 2.87. The molecule has 0 bridgehead atoms. The van der Waals surface area contributed by atoms with Crippen molar-refractivity contribution in [1.29, 1.82) is 0 Å². The van der Waals surface area contributed by atoms with Gasteiger partial charge in [0.1, 0.15) is 24.8 Å². The first-order valence-electron chi connectivity index (χ1n) is 12.1. The van der Waals surface area contributed by atoms with Crippen molar-refractivity contribution in [3.63, 3.8) is 0 Å². The second-order valence-corrected chi connectivity index (χ2v) is 9.73. The molecule has 1 aromatic heterocycles. The number of β-amino-alcohol motifs (C(OH)–C–C–N with tert-alkyl or cyclic N) is 1. The van der Waals surface area contributed by atoms with Gasteiger partial charge in [-0.1, -0.05) is 18.7 Å². The van der Waals surface area contributed by atoms with Crippen LogP contribution in [0, 0.1) is 13.5 Å². The molecule has 1 aromatic carbocycles. The molecular weight excluding hydrogens is 460 g/mol. The Morgan fingerprint density at radius 3 is 2.81 bits per heavy atom. The molecule has 3 aliphatic rings. The highest BCUT2D eigenvalue weighted by molar-refractivity contribution is 5.94. The number of carbonyl (C=O) groups excluding carboxylic acids is 1. The Morgan fingerprint density at radius 1 is 1.31 bits per heavy atom. The number of anilines is 1. The van der Waals surface area contributed by atoms with Crippen molar-refractivity contribution in [3.8, 4) is 0 Å². The van der Waals surface area contributed by atoms with Gasteiger partial charge in [0, 0.05) is 37.0 Å². The van der Waals surface area contributed by atoms with Gasteiger partial charge in [0.05, 0.1) is 31.4 Å². The number of nitrogens with zero attached hydrogens (tertiary/aromatic N) is 4. The molecule has 2 aromatic rings. The van der Waals surface area contributed by atoms with E-state index in [4.69, 9.17) is 16.0 Å². The van der Waals surface area contributed by atoms with Crippen molar-refractivity contribution in [1.82, 2.24) is 9.88 Å². The van der Waals surface area contributed by atoms with E-state index in [0.717, 1.165) is 35.3 Å². The maximum absolute atomic E-state index is 12.7. The smallest absolute Gasteiger partial charge is 0.254 e. The van der Waals surface area contributed by atoms with E-state index in [9.17, 15) is 15.0 Å². The van der Waals surface area contributed by atoms with Crippen LogP contribution in [-0.4, -0.2) is 64.4 Å². The van der Waals surface area contributed by atoms with Crippen LogP contribution >= 0.6 is 0 Å². The van der Waals surface area contributed by atoms with E-state index >= 15 is 0 Å². The van der Waals surface area contributed by atoms with E-state index in [-0.39, 0.29) is 24.8 Å². The molecule has 2 fully saturated rings. The molecule has 1 amide bonds. The summed E-state index contributed by atoms with van der Waals surface area (Å²) in [5, 5.41) is 20.6. The van der Waals surface area contributed by atoms with Gasteiger partial charge < -0.3 is 24.6 Å². The molecule has 0 aliphatic carbocycles. The Kier molecular flexibility index (Phi) is 6.53. The zero-order valence-corrected chi connectivity index (χ0v) is 20.4. The van der Waals surface area contributed by atoms with Gasteiger partial charge in [0.2, 0.25) is 5.69 Å². The van der Waals surface area contributed by atoms with Gasteiger partial charge in [-0.05, 0) is 42.5 Å². The lowest BCUT2D eigenvalue weighted by atomic mass is 9.88. The van der Waals surface area contributed by atoms with Crippen LogP contribution in [-0.2, 0) is 27.5 Å². The number of amides is 1. The maximum atomic E-state index is 12.7. The average molecular weight is 491 g/mol. The van der Waals surface area contributed by atoms with Crippen molar-refractivity contribution >= 4 is 23.2 Å². The number of pyridine rings is 1. The van der Waals surface area contributed by atoms with Crippen LogP contribution in [0.3, 0.4) is 0 Å². The summed E-state index contributed by atoms with van der Waals surface area (Å²) < 4.78 is 11.6. The third kappa shape index (κ3) is 4.38. The summed E-state index contributed by atoms with van der Waals surface area (Å²) in [5.41, 5.74) is 4.31. The number of hydrogen-bond acceptors (Lipinski definition) is 7. The minimum absolute atomic E-state index is 0.0367. The molecule has 9 heteroatoms. The molecule has 2 saturated heterocycles. The summed E-state index contributed by atoms with van der Waals surface area (Å²) in [6.45, 7) is 15.7. The lowest BCUT2D eigenvalue weighted by Gasteiger charge is -2.47. The molecule has 2 N–H and O–H groups in total. The first-order valence-corrected chi connectivity index (χ1v) is 12.1. The standard InChI is InChI=1S/C27H30N4O5/c1-17-20(4-5-21-18(2)35-14-22(17)21)24(33)12-30-8-6-27(7-9-30)16-31(26(34)15-36-27)25-10-19(13-32)23(28-3)11-29-25/h4-5,10-11,24,32-33H,2,6-9,12-16H2,1H3/t24-/m0/s1. The van der Waals surface area contributed by atoms with E-state index in [0.29, 0.717) is 49.7 Å². The number of ether oxygens (including phenoxy) is 2. The third-order valence-electron chi connectivity index (χ3n) is 7.66. The number of aliphatic hydroxyl groups is 2. The minimum Gasteiger partial charge on any atom is -0.489 e. The fourth-order valence-corrected chi connectivity index (χ4v) is 5.38. The van der Waals surface area contributed by atoms with E-state index in [1.807, 2.05) is 19.1 Å². The van der Waals surface area contributed by atoms with Crippen LogP contribution in [0.15, 0.2) is 31.0 Å². The summed E-state index contributed by atoms with van der Waals surface area (Å²) in [7, 11) is 0. The molecule has 0 unspecified atom stereocenters. The minimum atomic E-state index is -0.620. The van der Waals surface area contributed by atoms with Gasteiger partial charge >= 0.3 is 0 Å². The van der Waals surface area contributed by atoms with E-state index in [1.54, 1.807) is 11.0 Å². The number of fused-ring (bicyclic) bond motifs is 1. The number of aromatic nitrogens is 1. The van der Waals surface area contributed by atoms with Gasteiger partial charge in [0.15, 0.2) is 0 Å². The van der Waals surface area contributed by atoms with Crippen molar-refractivity contribution < 1.29 is 24.5 Å². The van der Waals surface area contributed by atoms with Crippen LogP contribution in [0.5, 0.6) is 0 Å². The van der Waals surface area contributed by atoms with Crippen LogP contribution in [0.2, 0.25) is 0 Å². The SMILES string of the molecule is [C-]#[N+]c1cnc(N2CC3(CCN(C[C@H](O)c4ccc5c(c4C)COC5=C)CC3)OCC2=O)cc1CO.